The van der Waals surface area contributed by atoms with Gasteiger partial charge in [0.15, 0.2) is 9.84 Å². The Morgan fingerprint density at radius 1 is 1.10 bits per heavy atom. The molecule has 20 heavy (non-hydrogen) atoms. The lowest BCUT2D eigenvalue weighted by atomic mass is 10.1. The van der Waals surface area contributed by atoms with Crippen molar-refractivity contribution < 1.29 is 18.3 Å². The van der Waals surface area contributed by atoms with E-state index in [1.165, 1.54) is 30.3 Å². The summed E-state index contributed by atoms with van der Waals surface area (Å²) in [4.78, 5) is 11.2. The van der Waals surface area contributed by atoms with Crippen LogP contribution in [-0.2, 0) is 15.6 Å². The number of benzene rings is 2. The van der Waals surface area contributed by atoms with Gasteiger partial charge in [-0.1, -0.05) is 35.9 Å². The first-order chi connectivity index (χ1) is 9.40. The number of carboxylic acids is 1. The summed E-state index contributed by atoms with van der Waals surface area (Å²) in [6.07, 6.45) is 0. The van der Waals surface area contributed by atoms with E-state index in [0.29, 0.717) is 5.02 Å². The van der Waals surface area contributed by atoms with Gasteiger partial charge in [0.2, 0.25) is 0 Å². The fourth-order valence-electron chi connectivity index (χ4n) is 1.80. The Labute approximate surface area is 121 Å². The van der Waals surface area contributed by atoms with Crippen LogP contribution in [0.1, 0.15) is 15.9 Å². The van der Waals surface area contributed by atoms with Gasteiger partial charge >= 0.3 is 5.97 Å². The summed E-state index contributed by atoms with van der Waals surface area (Å²) in [6, 6.07) is 11.9. The maximum atomic E-state index is 12.3. The van der Waals surface area contributed by atoms with Crippen molar-refractivity contribution in [3.8, 4) is 0 Å². The molecular weight excluding hydrogens is 300 g/mol. The normalized spacial score (nSPS) is 11.2. The maximum absolute atomic E-state index is 12.3. The van der Waals surface area contributed by atoms with Gasteiger partial charge in [-0.25, -0.2) is 13.2 Å². The van der Waals surface area contributed by atoms with Crippen molar-refractivity contribution in [2.75, 3.05) is 0 Å². The average Bonchev–Trinajstić information content (AvgIpc) is 2.38. The molecule has 0 heterocycles. The maximum Gasteiger partial charge on any atom is 0.335 e. The van der Waals surface area contributed by atoms with E-state index in [2.05, 4.69) is 0 Å². The van der Waals surface area contributed by atoms with Crippen LogP contribution in [0.3, 0.4) is 0 Å². The smallest absolute Gasteiger partial charge is 0.335 e. The molecular formula is C14H11ClO4S. The molecule has 4 nitrogen and oxygen atoms in total. The second-order valence-corrected chi connectivity index (χ2v) is 6.60. The molecule has 0 aliphatic rings. The van der Waals surface area contributed by atoms with E-state index in [4.69, 9.17) is 16.7 Å². The lowest BCUT2D eigenvalue weighted by molar-refractivity contribution is 0.0696. The summed E-state index contributed by atoms with van der Waals surface area (Å²) in [5.41, 5.74) is 0.234. The zero-order valence-corrected chi connectivity index (χ0v) is 11.9. The molecule has 0 aromatic heterocycles. The summed E-state index contributed by atoms with van der Waals surface area (Å²) in [5.74, 6) is -1.53. The van der Waals surface area contributed by atoms with Gasteiger partial charge in [0, 0.05) is 5.02 Å². The van der Waals surface area contributed by atoms with Crippen molar-refractivity contribution in [2.24, 2.45) is 0 Å². The number of hydrogen-bond donors (Lipinski definition) is 1. The number of halogens is 1. The highest BCUT2D eigenvalue weighted by Crippen LogP contribution is 2.21. The van der Waals surface area contributed by atoms with Crippen molar-refractivity contribution in [3.63, 3.8) is 0 Å². The predicted molar refractivity (Wildman–Crippen MR) is 75.7 cm³/mol. The number of carbonyl (C=O) groups is 1. The van der Waals surface area contributed by atoms with Gasteiger partial charge < -0.3 is 5.11 Å². The van der Waals surface area contributed by atoms with Crippen molar-refractivity contribution >= 4 is 27.4 Å². The van der Waals surface area contributed by atoms with E-state index in [1.54, 1.807) is 18.2 Å². The van der Waals surface area contributed by atoms with Crippen LogP contribution in [0.25, 0.3) is 0 Å². The van der Waals surface area contributed by atoms with E-state index in [9.17, 15) is 13.2 Å². The topological polar surface area (TPSA) is 71.4 Å². The van der Waals surface area contributed by atoms with Gasteiger partial charge in [0.05, 0.1) is 16.2 Å². The minimum absolute atomic E-state index is 0.0156. The quantitative estimate of drug-likeness (QED) is 0.942. The summed E-state index contributed by atoms with van der Waals surface area (Å²) >= 11 is 5.78. The standard InChI is InChI=1S/C14H11ClO4S/c15-11-5-3-6-12(8-11)20(18,19)9-10-4-1-2-7-13(10)14(16)17/h1-8H,9H2,(H,16,17). The van der Waals surface area contributed by atoms with Crippen molar-refractivity contribution in [2.45, 2.75) is 10.6 Å². The molecule has 6 heteroatoms. The second-order valence-electron chi connectivity index (χ2n) is 4.18. The molecule has 0 saturated carbocycles. The molecule has 0 amide bonds. The molecule has 2 aromatic carbocycles. The number of rotatable bonds is 4. The van der Waals surface area contributed by atoms with Crippen LogP contribution in [0.5, 0.6) is 0 Å². The lowest BCUT2D eigenvalue weighted by Gasteiger charge is -2.07. The van der Waals surface area contributed by atoms with Crippen LogP contribution in [0.4, 0.5) is 0 Å². The van der Waals surface area contributed by atoms with Crippen molar-refractivity contribution in [1.29, 1.82) is 0 Å². The lowest BCUT2D eigenvalue weighted by Crippen LogP contribution is -2.09. The number of hydrogen-bond acceptors (Lipinski definition) is 3. The molecule has 0 spiro atoms. The Hall–Kier alpha value is -1.85. The van der Waals surface area contributed by atoms with Gasteiger partial charge in [-0.3, -0.25) is 0 Å². The molecule has 1 N–H and O–H groups in total. The molecule has 2 rings (SSSR count). The van der Waals surface area contributed by atoms with Crippen LogP contribution in [0.15, 0.2) is 53.4 Å². The average molecular weight is 311 g/mol. The van der Waals surface area contributed by atoms with Crippen molar-refractivity contribution in [1.82, 2.24) is 0 Å². The third-order valence-corrected chi connectivity index (χ3v) is 4.65. The fourth-order valence-corrected chi connectivity index (χ4v) is 3.48. The van der Waals surface area contributed by atoms with E-state index in [1.807, 2.05) is 0 Å². The molecule has 2 aromatic rings. The predicted octanol–water partition coefficient (Wildman–Crippen LogP) is 3.01. The molecule has 0 saturated heterocycles. The summed E-state index contributed by atoms with van der Waals surface area (Å²) in [7, 11) is -3.64. The highest BCUT2D eigenvalue weighted by Gasteiger charge is 2.19. The van der Waals surface area contributed by atoms with Crippen LogP contribution in [0, 0.1) is 0 Å². The highest BCUT2D eigenvalue weighted by atomic mass is 35.5. The molecule has 0 atom stereocenters. The Morgan fingerprint density at radius 3 is 2.45 bits per heavy atom. The molecule has 0 bridgehead atoms. The van der Waals surface area contributed by atoms with Gasteiger partial charge in [-0.05, 0) is 29.8 Å². The van der Waals surface area contributed by atoms with Crippen LogP contribution in [0.2, 0.25) is 5.02 Å². The Morgan fingerprint density at radius 2 is 1.80 bits per heavy atom. The van der Waals surface area contributed by atoms with Gasteiger partial charge in [-0.2, -0.15) is 0 Å². The summed E-state index contributed by atoms with van der Waals surface area (Å²) in [6.45, 7) is 0. The molecule has 0 aliphatic carbocycles. The third-order valence-electron chi connectivity index (χ3n) is 2.75. The SMILES string of the molecule is O=C(O)c1ccccc1CS(=O)(=O)c1cccc(Cl)c1. The fraction of sp³-hybridized carbons (Fsp3) is 0.0714. The molecule has 104 valence electrons. The minimum Gasteiger partial charge on any atom is -0.478 e. The number of carboxylic acid groups (broad SMARTS) is 1. The zero-order valence-electron chi connectivity index (χ0n) is 10.3. The highest BCUT2D eigenvalue weighted by molar-refractivity contribution is 7.90. The summed E-state index contributed by atoms with van der Waals surface area (Å²) < 4.78 is 24.6. The number of sulfone groups is 1. The van der Waals surface area contributed by atoms with Gasteiger partial charge in [-0.15, -0.1) is 0 Å². The first-order valence-electron chi connectivity index (χ1n) is 5.70. The Bertz CT molecular complexity index is 753. The molecule has 0 fully saturated rings. The Balaban J connectivity index is 2.41. The van der Waals surface area contributed by atoms with Gasteiger partial charge in [0.25, 0.3) is 0 Å². The van der Waals surface area contributed by atoms with E-state index >= 15 is 0 Å². The first-order valence-corrected chi connectivity index (χ1v) is 7.73. The first kappa shape index (κ1) is 14.6. The summed E-state index contributed by atoms with van der Waals surface area (Å²) in [5, 5.41) is 9.38. The number of aromatic carboxylic acids is 1. The van der Waals surface area contributed by atoms with Crippen LogP contribution >= 0.6 is 11.6 Å². The van der Waals surface area contributed by atoms with Gasteiger partial charge in [0.1, 0.15) is 0 Å². The third kappa shape index (κ3) is 3.18. The minimum atomic E-state index is -3.64. The van der Waals surface area contributed by atoms with E-state index in [-0.39, 0.29) is 21.8 Å². The van der Waals surface area contributed by atoms with E-state index in [0.717, 1.165) is 0 Å². The monoisotopic (exact) mass is 310 g/mol. The van der Waals surface area contributed by atoms with Crippen LogP contribution < -0.4 is 0 Å². The molecule has 0 unspecified atom stereocenters. The van der Waals surface area contributed by atoms with Crippen LogP contribution in [-0.4, -0.2) is 19.5 Å². The molecule has 0 aliphatic heterocycles. The largest absolute Gasteiger partial charge is 0.478 e. The Kier molecular flexibility index (Phi) is 4.11. The second kappa shape index (κ2) is 5.64. The molecule has 0 radical (unpaired) electrons. The zero-order chi connectivity index (χ0) is 14.8. The van der Waals surface area contributed by atoms with E-state index < -0.39 is 15.8 Å². The van der Waals surface area contributed by atoms with Crippen molar-refractivity contribution in [3.05, 3.63) is 64.7 Å².